The Hall–Kier alpha value is -1.62. The largest absolute Gasteiger partial charge is 0.409 e. The molecular weight excluding hydrogens is 257 g/mol. The molecular formula is C15H22FN3O. The number of piperidine rings is 1. The van der Waals surface area contributed by atoms with Crippen LogP contribution in [0.2, 0.25) is 0 Å². The van der Waals surface area contributed by atoms with E-state index in [0.717, 1.165) is 12.8 Å². The van der Waals surface area contributed by atoms with Crippen LogP contribution in [-0.2, 0) is 6.54 Å². The number of amidine groups is 1. The van der Waals surface area contributed by atoms with Gasteiger partial charge < -0.3 is 10.9 Å². The van der Waals surface area contributed by atoms with Crippen LogP contribution in [0.15, 0.2) is 23.4 Å². The first-order valence-corrected chi connectivity index (χ1v) is 7.05. The molecule has 110 valence electrons. The van der Waals surface area contributed by atoms with Crippen molar-refractivity contribution in [1.29, 1.82) is 0 Å². The van der Waals surface area contributed by atoms with Crippen LogP contribution in [0.1, 0.15) is 44.2 Å². The van der Waals surface area contributed by atoms with Gasteiger partial charge in [-0.2, -0.15) is 0 Å². The van der Waals surface area contributed by atoms with Gasteiger partial charge in [-0.15, -0.1) is 0 Å². The number of rotatable bonds is 3. The molecule has 1 aliphatic rings. The second-order valence-corrected chi connectivity index (χ2v) is 5.59. The maximum atomic E-state index is 14.1. The smallest absolute Gasteiger partial charge is 0.170 e. The molecule has 2 atom stereocenters. The van der Waals surface area contributed by atoms with Crippen LogP contribution in [0.3, 0.4) is 0 Å². The first-order valence-electron chi connectivity index (χ1n) is 7.05. The predicted molar refractivity (Wildman–Crippen MR) is 77.2 cm³/mol. The average Bonchev–Trinajstić information content (AvgIpc) is 2.43. The fraction of sp³-hybridized carbons (Fsp3) is 0.533. The van der Waals surface area contributed by atoms with E-state index in [-0.39, 0.29) is 11.7 Å². The number of oxime groups is 1. The minimum absolute atomic E-state index is 0.0739. The highest BCUT2D eigenvalue weighted by Crippen LogP contribution is 2.25. The Labute approximate surface area is 119 Å². The lowest BCUT2D eigenvalue weighted by Gasteiger charge is -2.39. The predicted octanol–water partition coefficient (Wildman–Crippen LogP) is 2.68. The number of hydrogen-bond acceptors (Lipinski definition) is 3. The van der Waals surface area contributed by atoms with Gasteiger partial charge in [0.1, 0.15) is 5.82 Å². The van der Waals surface area contributed by atoms with Crippen molar-refractivity contribution in [2.75, 3.05) is 0 Å². The Morgan fingerprint density at radius 3 is 2.60 bits per heavy atom. The monoisotopic (exact) mass is 279 g/mol. The summed E-state index contributed by atoms with van der Waals surface area (Å²) in [6, 6.07) is 5.68. The van der Waals surface area contributed by atoms with Crippen LogP contribution in [-0.4, -0.2) is 28.0 Å². The number of likely N-dealkylation sites (tertiary alicyclic amines) is 1. The molecule has 1 fully saturated rings. The lowest BCUT2D eigenvalue weighted by molar-refractivity contribution is 0.0940. The molecule has 0 saturated carbocycles. The van der Waals surface area contributed by atoms with E-state index in [1.807, 2.05) is 0 Å². The lowest BCUT2D eigenvalue weighted by Crippen LogP contribution is -2.43. The topological polar surface area (TPSA) is 61.8 Å². The van der Waals surface area contributed by atoms with E-state index in [4.69, 9.17) is 10.9 Å². The molecule has 4 nitrogen and oxygen atoms in total. The van der Waals surface area contributed by atoms with Gasteiger partial charge in [0.25, 0.3) is 0 Å². The van der Waals surface area contributed by atoms with Gasteiger partial charge in [-0.3, -0.25) is 4.90 Å². The molecule has 0 aromatic heterocycles. The van der Waals surface area contributed by atoms with E-state index in [2.05, 4.69) is 23.9 Å². The summed E-state index contributed by atoms with van der Waals surface area (Å²) < 4.78 is 14.1. The Morgan fingerprint density at radius 1 is 1.40 bits per heavy atom. The maximum Gasteiger partial charge on any atom is 0.170 e. The van der Waals surface area contributed by atoms with Crippen LogP contribution < -0.4 is 5.73 Å². The third kappa shape index (κ3) is 3.10. The third-order valence-corrected chi connectivity index (χ3v) is 4.19. The summed E-state index contributed by atoms with van der Waals surface area (Å²) in [5.41, 5.74) is 6.51. The number of hydrogen-bond donors (Lipinski definition) is 2. The number of nitrogens with zero attached hydrogens (tertiary/aromatic N) is 2. The minimum atomic E-state index is -0.306. The van der Waals surface area contributed by atoms with Crippen molar-refractivity contribution in [3.8, 4) is 0 Å². The van der Waals surface area contributed by atoms with Gasteiger partial charge in [0.2, 0.25) is 0 Å². The first kappa shape index (κ1) is 14.8. The molecule has 1 heterocycles. The normalized spacial score (nSPS) is 24.9. The summed E-state index contributed by atoms with van der Waals surface area (Å²) in [5.74, 6) is -0.380. The van der Waals surface area contributed by atoms with Crippen molar-refractivity contribution >= 4 is 5.84 Å². The molecule has 0 amide bonds. The van der Waals surface area contributed by atoms with Crippen molar-refractivity contribution in [2.24, 2.45) is 10.9 Å². The zero-order chi connectivity index (χ0) is 14.7. The Balaban J connectivity index is 2.17. The second-order valence-electron chi connectivity index (χ2n) is 5.59. The van der Waals surface area contributed by atoms with Gasteiger partial charge in [0.15, 0.2) is 5.84 Å². The molecule has 20 heavy (non-hydrogen) atoms. The summed E-state index contributed by atoms with van der Waals surface area (Å²) in [7, 11) is 0. The number of nitrogens with two attached hydrogens (primary N) is 1. The molecule has 3 N–H and O–H groups in total. The third-order valence-electron chi connectivity index (χ3n) is 4.19. The summed E-state index contributed by atoms with van der Waals surface area (Å²) in [5, 5.41) is 11.5. The van der Waals surface area contributed by atoms with Gasteiger partial charge in [0.05, 0.1) is 0 Å². The summed E-state index contributed by atoms with van der Waals surface area (Å²) in [6.45, 7) is 4.99. The SMILES string of the molecule is C[C@@H]1CCC[C@H](C)N1Cc1ccc(/C(N)=N/O)cc1F. The van der Waals surface area contributed by atoms with Crippen molar-refractivity contribution in [3.05, 3.63) is 35.1 Å². The number of halogens is 1. The Kier molecular flexibility index (Phi) is 4.60. The quantitative estimate of drug-likeness (QED) is 0.387. The van der Waals surface area contributed by atoms with Crippen molar-refractivity contribution in [2.45, 2.75) is 51.7 Å². The minimum Gasteiger partial charge on any atom is -0.409 e. The van der Waals surface area contributed by atoms with Gasteiger partial charge in [-0.25, -0.2) is 4.39 Å². The van der Waals surface area contributed by atoms with E-state index in [9.17, 15) is 4.39 Å². The van der Waals surface area contributed by atoms with Crippen LogP contribution >= 0.6 is 0 Å². The molecule has 0 unspecified atom stereocenters. The molecule has 1 aliphatic heterocycles. The van der Waals surface area contributed by atoms with Crippen molar-refractivity contribution in [1.82, 2.24) is 4.90 Å². The molecule has 2 rings (SSSR count). The van der Waals surface area contributed by atoms with E-state index < -0.39 is 0 Å². The van der Waals surface area contributed by atoms with E-state index in [1.54, 1.807) is 12.1 Å². The van der Waals surface area contributed by atoms with Crippen molar-refractivity contribution in [3.63, 3.8) is 0 Å². The highest BCUT2D eigenvalue weighted by molar-refractivity contribution is 5.97. The molecule has 5 heteroatoms. The highest BCUT2D eigenvalue weighted by Gasteiger charge is 2.25. The number of benzene rings is 1. The van der Waals surface area contributed by atoms with Crippen LogP contribution in [0.5, 0.6) is 0 Å². The Bertz CT molecular complexity index is 494. The summed E-state index contributed by atoms with van der Waals surface area (Å²) in [6.07, 6.45) is 3.56. The first-order chi connectivity index (χ1) is 9.52. The molecule has 1 aromatic rings. The second kappa shape index (κ2) is 6.22. The van der Waals surface area contributed by atoms with E-state index >= 15 is 0 Å². The summed E-state index contributed by atoms with van der Waals surface area (Å²) >= 11 is 0. The average molecular weight is 279 g/mol. The standard InChI is InChI=1S/C15H22FN3O/c1-10-4-3-5-11(2)19(10)9-13-7-6-12(8-14(13)16)15(17)18-20/h6-8,10-11,20H,3-5,9H2,1-2H3,(H2,17,18)/t10-,11+. The molecule has 0 radical (unpaired) electrons. The van der Waals surface area contributed by atoms with Crippen LogP contribution in [0.25, 0.3) is 0 Å². The van der Waals surface area contributed by atoms with Crippen molar-refractivity contribution < 1.29 is 9.60 Å². The Morgan fingerprint density at radius 2 is 2.05 bits per heavy atom. The van der Waals surface area contributed by atoms with E-state index in [1.165, 1.54) is 12.5 Å². The van der Waals surface area contributed by atoms with Crippen LogP contribution in [0.4, 0.5) is 4.39 Å². The maximum absolute atomic E-state index is 14.1. The lowest BCUT2D eigenvalue weighted by atomic mass is 9.96. The zero-order valence-electron chi connectivity index (χ0n) is 12.0. The van der Waals surface area contributed by atoms with Gasteiger partial charge in [-0.05, 0) is 32.8 Å². The molecule has 0 aliphatic carbocycles. The molecule has 1 saturated heterocycles. The van der Waals surface area contributed by atoms with E-state index in [0.29, 0.717) is 29.8 Å². The molecule has 0 bridgehead atoms. The van der Waals surface area contributed by atoms with Gasteiger partial charge in [-0.1, -0.05) is 23.7 Å². The molecule has 0 spiro atoms. The van der Waals surface area contributed by atoms with Gasteiger partial charge in [0, 0.05) is 29.8 Å². The molecule has 1 aromatic carbocycles. The summed E-state index contributed by atoms with van der Waals surface area (Å²) in [4.78, 5) is 2.34. The highest BCUT2D eigenvalue weighted by atomic mass is 19.1. The fourth-order valence-corrected chi connectivity index (χ4v) is 2.88. The van der Waals surface area contributed by atoms with Crippen LogP contribution in [0, 0.1) is 5.82 Å². The fourth-order valence-electron chi connectivity index (χ4n) is 2.88. The zero-order valence-corrected chi connectivity index (χ0v) is 12.0. The van der Waals surface area contributed by atoms with Gasteiger partial charge >= 0.3 is 0 Å².